The van der Waals surface area contributed by atoms with Crippen LogP contribution in [-0.2, 0) is 0 Å². The van der Waals surface area contributed by atoms with Crippen molar-refractivity contribution < 1.29 is 36.2 Å². The number of aliphatic hydroxyl groups is 1. The van der Waals surface area contributed by atoms with Gasteiger partial charge in [-0.25, -0.2) is 0 Å². The van der Waals surface area contributed by atoms with E-state index in [1.807, 2.05) is 0 Å². The van der Waals surface area contributed by atoms with E-state index in [4.69, 9.17) is 10.8 Å². The predicted molar refractivity (Wildman–Crippen MR) is 59.4 cm³/mol. The fraction of sp³-hybridized carbons (Fsp3) is 0.400. The first-order valence-corrected chi connectivity index (χ1v) is 4.87. The summed E-state index contributed by atoms with van der Waals surface area (Å²) >= 11 is 0. The molecule has 0 aliphatic carbocycles. The van der Waals surface area contributed by atoms with Crippen molar-refractivity contribution in [2.24, 2.45) is 5.73 Å². The predicted octanol–water partition coefficient (Wildman–Crippen LogP) is 2.93. The van der Waals surface area contributed by atoms with Crippen molar-refractivity contribution in [1.29, 1.82) is 0 Å². The van der Waals surface area contributed by atoms with E-state index in [0.29, 0.717) is 0 Å². The monoisotopic (exact) mass is 325 g/mol. The minimum atomic E-state index is -5.07. The number of nitrogens with two attached hydrogens (primary N) is 1. The van der Waals surface area contributed by atoms with Crippen LogP contribution < -0.4 is 10.5 Å². The van der Waals surface area contributed by atoms with E-state index in [1.165, 1.54) is 6.07 Å². The van der Waals surface area contributed by atoms with Crippen LogP contribution in [0.4, 0.5) is 26.3 Å². The number of alkyl halides is 6. The van der Waals surface area contributed by atoms with E-state index in [-0.39, 0.29) is 12.4 Å². The molecular weight excluding hydrogens is 316 g/mol. The largest absolute Gasteiger partial charge is 0.573 e. The topological polar surface area (TPSA) is 55.5 Å². The van der Waals surface area contributed by atoms with Gasteiger partial charge in [0, 0.05) is 5.56 Å². The Bertz CT molecular complexity index is 436. The maximum Gasteiger partial charge on any atom is 0.573 e. The lowest BCUT2D eigenvalue weighted by atomic mass is 10.0. The van der Waals surface area contributed by atoms with E-state index >= 15 is 0 Å². The van der Waals surface area contributed by atoms with Gasteiger partial charge in [0.15, 0.2) is 6.10 Å². The average molecular weight is 326 g/mol. The molecule has 1 aromatic carbocycles. The number of aliphatic hydroxyl groups excluding tert-OH is 1. The SMILES string of the molecule is Cl.N[C@H](c1ccccc1OC(F)(F)F)[C@@H](O)C(F)(F)F. The fourth-order valence-electron chi connectivity index (χ4n) is 1.35. The Hall–Kier alpha value is -1.19. The molecule has 0 aromatic heterocycles. The molecule has 0 amide bonds. The number of para-hydroxylation sites is 1. The minimum absolute atomic E-state index is 0. The molecule has 0 bridgehead atoms. The second-order valence-electron chi connectivity index (χ2n) is 3.60. The molecule has 20 heavy (non-hydrogen) atoms. The molecule has 116 valence electrons. The zero-order chi connectivity index (χ0) is 14.8. The first-order valence-electron chi connectivity index (χ1n) is 4.87. The van der Waals surface area contributed by atoms with Crippen LogP contribution in [0.2, 0.25) is 0 Å². The molecule has 2 atom stereocenters. The Labute approximate surface area is 115 Å². The molecular formula is C10H10ClF6NO2. The van der Waals surface area contributed by atoms with Gasteiger partial charge >= 0.3 is 12.5 Å². The molecule has 0 fully saturated rings. The second-order valence-corrected chi connectivity index (χ2v) is 3.60. The molecule has 3 N–H and O–H groups in total. The van der Waals surface area contributed by atoms with Gasteiger partial charge in [-0.15, -0.1) is 25.6 Å². The minimum Gasteiger partial charge on any atom is -0.405 e. The van der Waals surface area contributed by atoms with Crippen molar-refractivity contribution in [3.8, 4) is 5.75 Å². The number of rotatable bonds is 3. The molecule has 0 aliphatic heterocycles. The number of hydrogen-bond donors (Lipinski definition) is 2. The maximum absolute atomic E-state index is 12.3. The smallest absolute Gasteiger partial charge is 0.405 e. The van der Waals surface area contributed by atoms with Crippen molar-refractivity contribution in [3.05, 3.63) is 29.8 Å². The zero-order valence-corrected chi connectivity index (χ0v) is 10.4. The van der Waals surface area contributed by atoms with E-state index in [1.54, 1.807) is 0 Å². The summed E-state index contributed by atoms with van der Waals surface area (Å²) in [5, 5.41) is 8.94. The Morgan fingerprint density at radius 3 is 2.00 bits per heavy atom. The van der Waals surface area contributed by atoms with Crippen LogP contribution in [0.25, 0.3) is 0 Å². The number of ether oxygens (including phenoxy) is 1. The van der Waals surface area contributed by atoms with Crippen molar-refractivity contribution >= 4 is 12.4 Å². The Morgan fingerprint density at radius 1 is 1.05 bits per heavy atom. The molecule has 0 aliphatic rings. The quantitative estimate of drug-likeness (QED) is 0.840. The Balaban J connectivity index is 0.00000361. The van der Waals surface area contributed by atoms with Crippen LogP contribution in [0.1, 0.15) is 11.6 Å². The number of hydrogen-bond acceptors (Lipinski definition) is 3. The van der Waals surface area contributed by atoms with Gasteiger partial charge in [0.2, 0.25) is 0 Å². The van der Waals surface area contributed by atoms with E-state index in [9.17, 15) is 26.3 Å². The maximum atomic E-state index is 12.3. The Kier molecular flexibility index (Phi) is 6.12. The fourth-order valence-corrected chi connectivity index (χ4v) is 1.35. The van der Waals surface area contributed by atoms with Gasteiger partial charge in [0.05, 0.1) is 6.04 Å². The first kappa shape index (κ1) is 18.8. The summed E-state index contributed by atoms with van der Waals surface area (Å²) in [6.07, 6.45) is -13.1. The number of benzene rings is 1. The van der Waals surface area contributed by atoms with Crippen LogP contribution in [0.5, 0.6) is 5.75 Å². The highest BCUT2D eigenvalue weighted by Gasteiger charge is 2.44. The Morgan fingerprint density at radius 2 is 1.55 bits per heavy atom. The van der Waals surface area contributed by atoms with Gasteiger partial charge in [0.25, 0.3) is 0 Å². The van der Waals surface area contributed by atoms with Crippen LogP contribution >= 0.6 is 12.4 Å². The molecule has 1 rings (SSSR count). The lowest BCUT2D eigenvalue weighted by Gasteiger charge is -2.23. The molecule has 0 radical (unpaired) electrons. The molecule has 0 saturated heterocycles. The highest BCUT2D eigenvalue weighted by Crippen LogP contribution is 2.34. The van der Waals surface area contributed by atoms with Gasteiger partial charge in [-0.2, -0.15) is 13.2 Å². The average Bonchev–Trinajstić information content (AvgIpc) is 2.24. The van der Waals surface area contributed by atoms with E-state index in [2.05, 4.69) is 4.74 Å². The molecule has 10 heteroatoms. The third kappa shape index (κ3) is 5.06. The molecule has 0 spiro atoms. The van der Waals surface area contributed by atoms with Crippen molar-refractivity contribution in [2.45, 2.75) is 24.7 Å². The third-order valence-corrected chi connectivity index (χ3v) is 2.18. The molecule has 0 heterocycles. The molecule has 3 nitrogen and oxygen atoms in total. The van der Waals surface area contributed by atoms with Crippen LogP contribution in [0.3, 0.4) is 0 Å². The highest BCUT2D eigenvalue weighted by atomic mass is 35.5. The summed E-state index contributed by atoms with van der Waals surface area (Å²) in [5.74, 6) is -0.884. The zero-order valence-electron chi connectivity index (χ0n) is 9.57. The van der Waals surface area contributed by atoms with Gasteiger partial charge < -0.3 is 15.6 Å². The second kappa shape index (κ2) is 6.51. The first-order chi connectivity index (χ1) is 8.52. The van der Waals surface area contributed by atoms with Crippen molar-refractivity contribution in [3.63, 3.8) is 0 Å². The normalized spacial score (nSPS) is 15.2. The van der Waals surface area contributed by atoms with Gasteiger partial charge in [-0.05, 0) is 6.07 Å². The van der Waals surface area contributed by atoms with E-state index < -0.39 is 36.0 Å². The standard InChI is InChI=1S/C10H9F6NO2.ClH/c11-9(12,13)8(18)7(17)5-3-1-2-4-6(5)19-10(14,15)16;/h1-4,7-8,18H,17H2;1H/t7-,8-;/m1./s1. The van der Waals surface area contributed by atoms with Gasteiger partial charge in [0.1, 0.15) is 5.75 Å². The number of halogens is 7. The summed E-state index contributed by atoms with van der Waals surface area (Å²) in [7, 11) is 0. The van der Waals surface area contributed by atoms with Crippen molar-refractivity contribution in [1.82, 2.24) is 0 Å². The lowest BCUT2D eigenvalue weighted by molar-refractivity contribution is -0.275. The summed E-state index contributed by atoms with van der Waals surface area (Å²) in [5.41, 5.74) is 4.53. The molecule has 0 unspecified atom stereocenters. The summed E-state index contributed by atoms with van der Waals surface area (Å²) in [6.45, 7) is 0. The highest BCUT2D eigenvalue weighted by molar-refractivity contribution is 5.85. The third-order valence-electron chi connectivity index (χ3n) is 2.18. The van der Waals surface area contributed by atoms with Crippen LogP contribution in [0, 0.1) is 0 Å². The van der Waals surface area contributed by atoms with Gasteiger partial charge in [-0.3, -0.25) is 0 Å². The van der Waals surface area contributed by atoms with Crippen molar-refractivity contribution in [2.75, 3.05) is 0 Å². The van der Waals surface area contributed by atoms with E-state index in [0.717, 1.165) is 18.2 Å². The summed E-state index contributed by atoms with van der Waals surface area (Å²) < 4.78 is 76.6. The lowest BCUT2D eigenvalue weighted by Crippen LogP contribution is -2.39. The van der Waals surface area contributed by atoms with Crippen LogP contribution in [-0.4, -0.2) is 23.7 Å². The molecule has 1 aromatic rings. The molecule has 0 saturated carbocycles. The van der Waals surface area contributed by atoms with Gasteiger partial charge in [-0.1, -0.05) is 18.2 Å². The van der Waals surface area contributed by atoms with Crippen LogP contribution in [0.15, 0.2) is 24.3 Å². The summed E-state index contributed by atoms with van der Waals surface area (Å²) in [6, 6.07) is 1.96. The summed E-state index contributed by atoms with van der Waals surface area (Å²) in [4.78, 5) is 0.